The van der Waals surface area contributed by atoms with Crippen LogP contribution in [0.2, 0.25) is 0 Å². The summed E-state index contributed by atoms with van der Waals surface area (Å²) in [4.78, 5) is 17.4. The molecule has 2 unspecified atom stereocenters. The topological polar surface area (TPSA) is 48.0 Å². The van der Waals surface area contributed by atoms with Crippen LogP contribution in [0.5, 0.6) is 0 Å². The van der Waals surface area contributed by atoms with E-state index in [1.54, 1.807) is 6.26 Å². The summed E-state index contributed by atoms with van der Waals surface area (Å²) in [5, 5.41) is 1.31. The fraction of sp³-hybridized carbons (Fsp3) is 0.769. The highest BCUT2D eigenvalue weighted by atomic mass is 16.7. The zero-order chi connectivity index (χ0) is 13.3. The van der Waals surface area contributed by atoms with Crippen molar-refractivity contribution in [2.75, 3.05) is 13.2 Å². The molecule has 2 aliphatic heterocycles. The number of amides is 1. The molecule has 0 N–H and O–H groups in total. The van der Waals surface area contributed by atoms with Crippen LogP contribution in [0.1, 0.15) is 34.1 Å². The SMILES string of the molecule is CC1=COC2CCN(C(=O)OC(C)(C)C)OCC12. The maximum absolute atomic E-state index is 11.9. The summed E-state index contributed by atoms with van der Waals surface area (Å²) < 4.78 is 10.8. The lowest BCUT2D eigenvalue weighted by Gasteiger charge is -2.25. The Bertz CT molecular complexity index is 358. The quantitative estimate of drug-likeness (QED) is 0.667. The van der Waals surface area contributed by atoms with E-state index >= 15 is 0 Å². The van der Waals surface area contributed by atoms with Gasteiger partial charge in [0.1, 0.15) is 11.7 Å². The fourth-order valence-corrected chi connectivity index (χ4v) is 2.11. The fourth-order valence-electron chi connectivity index (χ4n) is 2.11. The Morgan fingerprint density at radius 3 is 2.89 bits per heavy atom. The zero-order valence-corrected chi connectivity index (χ0v) is 11.4. The van der Waals surface area contributed by atoms with E-state index in [9.17, 15) is 4.79 Å². The number of nitrogens with zero attached hydrogens (tertiary/aromatic N) is 1. The third kappa shape index (κ3) is 2.96. The molecule has 0 radical (unpaired) electrons. The van der Waals surface area contributed by atoms with Crippen LogP contribution in [0.15, 0.2) is 11.8 Å². The van der Waals surface area contributed by atoms with Crippen LogP contribution >= 0.6 is 0 Å². The lowest BCUT2D eigenvalue weighted by molar-refractivity contribution is -0.145. The van der Waals surface area contributed by atoms with Crippen LogP contribution in [0, 0.1) is 5.92 Å². The first kappa shape index (κ1) is 13.2. The van der Waals surface area contributed by atoms with E-state index in [1.807, 2.05) is 27.7 Å². The van der Waals surface area contributed by atoms with Gasteiger partial charge in [-0.15, -0.1) is 0 Å². The van der Waals surface area contributed by atoms with E-state index in [-0.39, 0.29) is 12.0 Å². The van der Waals surface area contributed by atoms with Crippen molar-refractivity contribution in [3.63, 3.8) is 0 Å². The van der Waals surface area contributed by atoms with Crippen molar-refractivity contribution in [1.29, 1.82) is 0 Å². The first-order valence-electron chi connectivity index (χ1n) is 6.32. The van der Waals surface area contributed by atoms with Crippen LogP contribution in [0.4, 0.5) is 4.79 Å². The lowest BCUT2D eigenvalue weighted by atomic mass is 9.96. The van der Waals surface area contributed by atoms with Gasteiger partial charge in [-0.25, -0.2) is 4.79 Å². The zero-order valence-electron chi connectivity index (χ0n) is 11.4. The van der Waals surface area contributed by atoms with Crippen molar-refractivity contribution in [2.24, 2.45) is 5.92 Å². The Kier molecular flexibility index (Phi) is 3.52. The third-order valence-corrected chi connectivity index (χ3v) is 3.09. The van der Waals surface area contributed by atoms with Gasteiger partial charge in [-0.05, 0) is 33.3 Å². The van der Waals surface area contributed by atoms with Crippen LogP contribution < -0.4 is 0 Å². The molecule has 2 rings (SSSR count). The van der Waals surface area contributed by atoms with Crippen LogP contribution in [-0.4, -0.2) is 36.0 Å². The maximum Gasteiger partial charge on any atom is 0.434 e. The Morgan fingerprint density at radius 1 is 1.50 bits per heavy atom. The molecule has 2 heterocycles. The summed E-state index contributed by atoms with van der Waals surface area (Å²) in [6, 6.07) is 0. The van der Waals surface area contributed by atoms with Gasteiger partial charge in [0, 0.05) is 12.3 Å². The number of hydrogen-bond donors (Lipinski definition) is 0. The summed E-state index contributed by atoms with van der Waals surface area (Å²) in [5.41, 5.74) is 0.667. The number of hydrogen-bond acceptors (Lipinski definition) is 4. The van der Waals surface area contributed by atoms with Gasteiger partial charge in [-0.2, -0.15) is 5.06 Å². The maximum atomic E-state index is 11.9. The molecular weight excluding hydrogens is 234 g/mol. The molecule has 102 valence electrons. The van der Waals surface area contributed by atoms with Crippen molar-refractivity contribution in [3.8, 4) is 0 Å². The summed E-state index contributed by atoms with van der Waals surface area (Å²) in [6.45, 7) is 8.51. The molecule has 0 saturated carbocycles. The minimum atomic E-state index is -0.505. The van der Waals surface area contributed by atoms with Gasteiger partial charge in [0.05, 0.1) is 19.4 Å². The number of hydroxylamine groups is 2. The third-order valence-electron chi connectivity index (χ3n) is 3.09. The molecule has 2 atom stereocenters. The van der Waals surface area contributed by atoms with Crippen molar-refractivity contribution >= 4 is 6.09 Å². The molecule has 1 amide bonds. The molecule has 0 spiro atoms. The smallest absolute Gasteiger partial charge is 0.434 e. The Labute approximate surface area is 108 Å². The Morgan fingerprint density at radius 2 is 2.22 bits per heavy atom. The first-order valence-corrected chi connectivity index (χ1v) is 6.32. The van der Waals surface area contributed by atoms with E-state index in [0.717, 1.165) is 6.42 Å². The van der Waals surface area contributed by atoms with Crippen molar-refractivity contribution in [1.82, 2.24) is 5.06 Å². The highest BCUT2D eigenvalue weighted by Crippen LogP contribution is 2.30. The van der Waals surface area contributed by atoms with E-state index in [2.05, 4.69) is 0 Å². The summed E-state index contributed by atoms with van der Waals surface area (Å²) in [6.07, 6.45) is 2.25. The number of carbonyl (C=O) groups excluding carboxylic acids is 1. The predicted molar refractivity (Wildman–Crippen MR) is 65.6 cm³/mol. The average Bonchev–Trinajstić information content (AvgIpc) is 2.48. The minimum Gasteiger partial charge on any atom is -0.497 e. The highest BCUT2D eigenvalue weighted by Gasteiger charge is 2.35. The van der Waals surface area contributed by atoms with Gasteiger partial charge in [0.25, 0.3) is 0 Å². The second-order valence-electron chi connectivity index (χ2n) is 5.81. The Balaban J connectivity index is 1.94. The molecule has 0 aromatic heterocycles. The van der Waals surface area contributed by atoms with Gasteiger partial charge in [-0.1, -0.05) is 0 Å². The molecule has 0 aromatic carbocycles. The molecular formula is C13H21NO4. The van der Waals surface area contributed by atoms with E-state index in [0.29, 0.717) is 13.2 Å². The monoisotopic (exact) mass is 255 g/mol. The van der Waals surface area contributed by atoms with E-state index < -0.39 is 11.7 Å². The Hall–Kier alpha value is -1.23. The summed E-state index contributed by atoms with van der Waals surface area (Å²) in [5.74, 6) is 0.248. The second kappa shape index (κ2) is 4.80. The van der Waals surface area contributed by atoms with Crippen molar-refractivity contribution in [3.05, 3.63) is 11.8 Å². The lowest BCUT2D eigenvalue weighted by Crippen LogP contribution is -2.37. The molecule has 5 nitrogen and oxygen atoms in total. The molecule has 5 heteroatoms. The van der Waals surface area contributed by atoms with Gasteiger partial charge >= 0.3 is 6.09 Å². The van der Waals surface area contributed by atoms with Crippen molar-refractivity contribution < 1.29 is 19.1 Å². The number of rotatable bonds is 0. The minimum absolute atomic E-state index is 0.123. The van der Waals surface area contributed by atoms with E-state index in [1.165, 1.54) is 10.6 Å². The number of fused-ring (bicyclic) bond motifs is 1. The van der Waals surface area contributed by atoms with Gasteiger partial charge in [0.2, 0.25) is 0 Å². The average molecular weight is 255 g/mol. The van der Waals surface area contributed by atoms with Crippen molar-refractivity contribution in [2.45, 2.75) is 45.8 Å². The standard InChI is InChI=1S/C13H21NO4/c1-9-7-16-11-5-6-14(17-8-10(9)11)12(15)18-13(2,3)4/h7,10-11H,5-6,8H2,1-4H3. The molecule has 1 saturated heterocycles. The number of carbonyl (C=O) groups is 1. The van der Waals surface area contributed by atoms with Gasteiger partial charge in [0.15, 0.2) is 0 Å². The number of ether oxygens (including phenoxy) is 2. The molecule has 0 aliphatic carbocycles. The molecule has 0 bridgehead atoms. The molecule has 1 fully saturated rings. The summed E-state index contributed by atoms with van der Waals surface area (Å²) in [7, 11) is 0. The van der Waals surface area contributed by atoms with Gasteiger partial charge < -0.3 is 9.47 Å². The highest BCUT2D eigenvalue weighted by molar-refractivity contribution is 5.66. The van der Waals surface area contributed by atoms with Crippen LogP contribution in [0.25, 0.3) is 0 Å². The normalized spacial score (nSPS) is 28.0. The van der Waals surface area contributed by atoms with E-state index in [4.69, 9.17) is 14.3 Å². The van der Waals surface area contributed by atoms with Crippen LogP contribution in [0.3, 0.4) is 0 Å². The summed E-state index contributed by atoms with van der Waals surface area (Å²) >= 11 is 0. The first-order chi connectivity index (χ1) is 8.37. The van der Waals surface area contributed by atoms with Gasteiger partial charge in [-0.3, -0.25) is 4.84 Å². The van der Waals surface area contributed by atoms with Crippen LogP contribution in [-0.2, 0) is 14.3 Å². The largest absolute Gasteiger partial charge is 0.497 e. The molecule has 0 aromatic rings. The second-order valence-corrected chi connectivity index (χ2v) is 5.81. The molecule has 18 heavy (non-hydrogen) atoms. The predicted octanol–water partition coefficient (Wildman–Crippen LogP) is 2.48. The molecule has 2 aliphatic rings.